The highest BCUT2D eigenvalue weighted by atomic mass is 16.5. The Hall–Kier alpha value is -3.32. The molecule has 2 amide bonds. The van der Waals surface area contributed by atoms with Gasteiger partial charge in [-0.25, -0.2) is 4.79 Å². The van der Waals surface area contributed by atoms with Gasteiger partial charge in [-0.05, 0) is 73.5 Å². The van der Waals surface area contributed by atoms with Gasteiger partial charge in [0.2, 0.25) is 11.8 Å². The van der Waals surface area contributed by atoms with Gasteiger partial charge in [-0.15, -0.1) is 0 Å². The molecule has 1 saturated carbocycles. The molecule has 0 aromatic heterocycles. The summed E-state index contributed by atoms with van der Waals surface area (Å²) in [6.45, 7) is 11.3. The van der Waals surface area contributed by atoms with Crippen molar-refractivity contribution in [1.82, 2.24) is 10.2 Å². The number of aliphatic hydroxyl groups excluding tert-OH is 1. The molecule has 40 heavy (non-hydrogen) atoms. The molecule has 2 aliphatic rings. The number of hydrogen-bond donors (Lipinski definition) is 4. The van der Waals surface area contributed by atoms with Crippen molar-refractivity contribution in [1.29, 1.82) is 5.26 Å². The van der Waals surface area contributed by atoms with Crippen LogP contribution in [0.15, 0.2) is 18.2 Å². The molecular weight excluding hydrogens is 514 g/mol. The third-order valence-corrected chi connectivity index (χ3v) is 9.31. The minimum Gasteiger partial charge on any atom is -0.504 e. The summed E-state index contributed by atoms with van der Waals surface area (Å²) in [4.78, 5) is 40.6. The van der Waals surface area contributed by atoms with Crippen molar-refractivity contribution in [2.45, 2.75) is 104 Å². The number of carbonyl (C=O) groups excluding carboxylic acids is 3. The molecule has 0 bridgehead atoms. The summed E-state index contributed by atoms with van der Waals surface area (Å²) in [5, 5.41) is 41.2. The van der Waals surface area contributed by atoms with E-state index in [4.69, 9.17) is 4.74 Å². The van der Waals surface area contributed by atoms with E-state index < -0.39 is 36.0 Å². The molecule has 1 aliphatic heterocycles. The van der Waals surface area contributed by atoms with E-state index in [1.807, 2.05) is 13.0 Å². The quantitative estimate of drug-likeness (QED) is 0.252. The van der Waals surface area contributed by atoms with Crippen LogP contribution in [0.3, 0.4) is 0 Å². The van der Waals surface area contributed by atoms with Gasteiger partial charge < -0.3 is 30.3 Å². The standard InChI is InChI=1S/C30H43N3O7/c1-18(15-20-10-12-29(2,3)30(20,4)5)40-28(39)22-7-6-14-33(22)27(38)21(11-13-31)32-26(37)25(36)17-19-8-9-23(34)24(35)16-19/h8-9,16,18,20-22,25,34-36H,6-7,10-12,14-15,17H2,1-5H3,(H,32,37). The Morgan fingerprint density at radius 3 is 2.48 bits per heavy atom. The van der Waals surface area contributed by atoms with E-state index in [1.165, 1.54) is 23.1 Å². The highest BCUT2D eigenvalue weighted by Crippen LogP contribution is 2.57. The fraction of sp³-hybridized carbons (Fsp3) is 0.667. The van der Waals surface area contributed by atoms with Gasteiger partial charge in [-0.2, -0.15) is 5.26 Å². The van der Waals surface area contributed by atoms with Crippen LogP contribution in [0, 0.1) is 28.1 Å². The number of carbonyl (C=O) groups is 3. The van der Waals surface area contributed by atoms with Crippen molar-refractivity contribution in [3.05, 3.63) is 23.8 Å². The summed E-state index contributed by atoms with van der Waals surface area (Å²) in [6, 6.07) is 3.75. The number of rotatable bonds is 10. The normalized spacial score (nSPS) is 23.6. The third-order valence-electron chi connectivity index (χ3n) is 9.31. The number of hydrogen-bond acceptors (Lipinski definition) is 8. The molecule has 0 radical (unpaired) electrons. The number of aliphatic hydroxyl groups is 1. The second kappa shape index (κ2) is 12.5. The molecule has 1 saturated heterocycles. The maximum atomic E-state index is 13.4. The lowest BCUT2D eigenvalue weighted by atomic mass is 9.66. The van der Waals surface area contributed by atoms with E-state index in [0.717, 1.165) is 19.3 Å². The summed E-state index contributed by atoms with van der Waals surface area (Å²) in [7, 11) is 0. The van der Waals surface area contributed by atoms with Gasteiger partial charge in [0.1, 0.15) is 18.2 Å². The number of ether oxygens (including phenoxy) is 1. The number of phenols is 2. The van der Waals surface area contributed by atoms with E-state index in [9.17, 15) is 35.0 Å². The van der Waals surface area contributed by atoms with Gasteiger partial charge in [-0.3, -0.25) is 9.59 Å². The minimum atomic E-state index is -1.57. The highest BCUT2D eigenvalue weighted by molar-refractivity contribution is 5.92. The van der Waals surface area contributed by atoms with Crippen molar-refractivity contribution >= 4 is 17.8 Å². The number of amides is 2. The van der Waals surface area contributed by atoms with E-state index in [1.54, 1.807) is 0 Å². The molecular formula is C30H43N3O7. The lowest BCUT2D eigenvalue weighted by Crippen LogP contribution is -2.53. The first-order chi connectivity index (χ1) is 18.7. The monoisotopic (exact) mass is 557 g/mol. The molecule has 5 unspecified atom stereocenters. The topological polar surface area (TPSA) is 160 Å². The lowest BCUT2D eigenvalue weighted by Gasteiger charge is -2.40. The van der Waals surface area contributed by atoms with Gasteiger partial charge in [0.15, 0.2) is 11.5 Å². The summed E-state index contributed by atoms with van der Waals surface area (Å²) < 4.78 is 5.82. The van der Waals surface area contributed by atoms with Crippen LogP contribution in [0.5, 0.6) is 11.5 Å². The van der Waals surface area contributed by atoms with Gasteiger partial charge in [-0.1, -0.05) is 33.8 Å². The molecule has 1 aromatic rings. The van der Waals surface area contributed by atoms with Crippen LogP contribution >= 0.6 is 0 Å². The predicted molar refractivity (Wildman–Crippen MR) is 147 cm³/mol. The van der Waals surface area contributed by atoms with Gasteiger partial charge in [0.05, 0.1) is 18.6 Å². The summed E-state index contributed by atoms with van der Waals surface area (Å²) in [5.74, 6) is -2.23. The van der Waals surface area contributed by atoms with Crippen molar-refractivity contribution in [3.63, 3.8) is 0 Å². The van der Waals surface area contributed by atoms with Crippen LogP contribution < -0.4 is 5.32 Å². The lowest BCUT2D eigenvalue weighted by molar-refractivity contribution is -0.159. The van der Waals surface area contributed by atoms with Crippen LogP contribution in [0.25, 0.3) is 0 Å². The number of benzene rings is 1. The first-order valence-corrected chi connectivity index (χ1v) is 14.0. The Bertz CT molecular complexity index is 1140. The molecule has 5 atom stereocenters. The number of nitrogens with one attached hydrogen (secondary N) is 1. The van der Waals surface area contributed by atoms with Crippen molar-refractivity contribution < 1.29 is 34.4 Å². The number of esters is 1. The molecule has 2 fully saturated rings. The molecule has 220 valence electrons. The maximum Gasteiger partial charge on any atom is 0.329 e. The number of phenolic OH excluding ortho intramolecular Hbond substituents is 2. The van der Waals surface area contributed by atoms with Gasteiger partial charge in [0.25, 0.3) is 0 Å². The molecule has 4 N–H and O–H groups in total. The molecule has 1 aromatic carbocycles. The highest BCUT2D eigenvalue weighted by Gasteiger charge is 2.49. The number of nitriles is 1. The maximum absolute atomic E-state index is 13.4. The summed E-state index contributed by atoms with van der Waals surface area (Å²) in [6.07, 6.45) is 1.56. The van der Waals surface area contributed by atoms with Crippen molar-refractivity contribution in [2.24, 2.45) is 16.7 Å². The second-order valence-electron chi connectivity index (χ2n) is 12.5. The Morgan fingerprint density at radius 1 is 1.18 bits per heavy atom. The molecule has 10 nitrogen and oxygen atoms in total. The van der Waals surface area contributed by atoms with E-state index >= 15 is 0 Å². The molecule has 1 aliphatic carbocycles. The van der Waals surface area contributed by atoms with Crippen LogP contribution in [0.4, 0.5) is 0 Å². The first kappa shape index (κ1) is 31.2. The molecule has 10 heteroatoms. The number of aromatic hydroxyl groups is 2. The van der Waals surface area contributed by atoms with E-state index in [-0.39, 0.29) is 41.3 Å². The SMILES string of the molecule is CC(CC1CCC(C)(C)C1(C)C)OC(=O)C1CCCN1C(=O)C(CC#N)NC(=O)C(O)Cc1ccc(O)c(O)c1. The molecule has 3 rings (SSSR count). The Balaban J connectivity index is 1.60. The smallest absolute Gasteiger partial charge is 0.329 e. The average molecular weight is 558 g/mol. The Morgan fingerprint density at radius 2 is 1.88 bits per heavy atom. The van der Waals surface area contributed by atoms with Crippen LogP contribution in [-0.2, 0) is 25.5 Å². The van der Waals surface area contributed by atoms with Gasteiger partial charge in [0, 0.05) is 13.0 Å². The first-order valence-electron chi connectivity index (χ1n) is 14.0. The van der Waals surface area contributed by atoms with E-state index in [0.29, 0.717) is 30.9 Å². The van der Waals surface area contributed by atoms with E-state index in [2.05, 4.69) is 33.0 Å². The van der Waals surface area contributed by atoms with Crippen LogP contribution in [0.2, 0.25) is 0 Å². The fourth-order valence-corrected chi connectivity index (χ4v) is 5.96. The largest absolute Gasteiger partial charge is 0.504 e. The van der Waals surface area contributed by atoms with Crippen molar-refractivity contribution in [2.75, 3.05) is 6.54 Å². The summed E-state index contributed by atoms with van der Waals surface area (Å²) >= 11 is 0. The summed E-state index contributed by atoms with van der Waals surface area (Å²) in [5.41, 5.74) is 0.705. The van der Waals surface area contributed by atoms with Crippen LogP contribution in [0.1, 0.15) is 78.7 Å². The zero-order valence-corrected chi connectivity index (χ0v) is 24.1. The zero-order chi connectivity index (χ0) is 29.8. The Kier molecular flexibility index (Phi) is 9.72. The van der Waals surface area contributed by atoms with Crippen LogP contribution in [-0.4, -0.2) is 68.8 Å². The average Bonchev–Trinajstić information content (AvgIpc) is 3.44. The zero-order valence-electron chi connectivity index (χ0n) is 24.1. The van der Waals surface area contributed by atoms with Crippen molar-refractivity contribution in [3.8, 4) is 17.6 Å². The minimum absolute atomic E-state index is 0.110. The number of nitrogens with zero attached hydrogens (tertiary/aromatic N) is 2. The Labute approximate surface area is 236 Å². The molecule has 1 heterocycles. The predicted octanol–water partition coefficient (Wildman–Crippen LogP) is 3.17. The molecule has 0 spiro atoms. The fourth-order valence-electron chi connectivity index (χ4n) is 5.96. The van der Waals surface area contributed by atoms with Gasteiger partial charge >= 0.3 is 5.97 Å². The second-order valence-corrected chi connectivity index (χ2v) is 12.5. The third kappa shape index (κ3) is 6.87. The number of likely N-dealkylation sites (tertiary alicyclic amines) is 1.